The maximum absolute atomic E-state index is 11.7. The highest BCUT2D eigenvalue weighted by Gasteiger charge is 2.56. The van der Waals surface area contributed by atoms with E-state index < -0.39 is 0 Å². The molecule has 0 aromatic rings. The van der Waals surface area contributed by atoms with Gasteiger partial charge in [-0.25, -0.2) is 0 Å². The van der Waals surface area contributed by atoms with Crippen LogP contribution in [0.25, 0.3) is 0 Å². The van der Waals surface area contributed by atoms with Gasteiger partial charge in [0.05, 0.1) is 6.10 Å². The van der Waals surface area contributed by atoms with Crippen LogP contribution in [0, 0.1) is 11.3 Å². The third-order valence-electron chi connectivity index (χ3n) is 5.14. The largest absolute Gasteiger partial charge is 0.378 e. The summed E-state index contributed by atoms with van der Waals surface area (Å²) >= 11 is 0. The van der Waals surface area contributed by atoms with E-state index in [9.17, 15) is 4.79 Å². The first-order valence-electron chi connectivity index (χ1n) is 8.70. The van der Waals surface area contributed by atoms with Gasteiger partial charge in [-0.3, -0.25) is 4.79 Å². The van der Waals surface area contributed by atoms with Crippen LogP contribution in [0.5, 0.6) is 0 Å². The number of hydrogen-bond donors (Lipinski definition) is 2. The van der Waals surface area contributed by atoms with E-state index in [1.165, 1.54) is 25.7 Å². The summed E-state index contributed by atoms with van der Waals surface area (Å²) in [5, 5.41) is 6.60. The van der Waals surface area contributed by atoms with Crippen LogP contribution in [0.2, 0.25) is 0 Å². The molecule has 2 aliphatic rings. The van der Waals surface area contributed by atoms with Crippen molar-refractivity contribution in [2.24, 2.45) is 11.3 Å². The van der Waals surface area contributed by atoms with Gasteiger partial charge in [-0.15, -0.1) is 0 Å². The fourth-order valence-electron chi connectivity index (χ4n) is 3.94. The summed E-state index contributed by atoms with van der Waals surface area (Å²) in [6.45, 7) is 8.70. The molecule has 0 saturated heterocycles. The molecule has 4 heteroatoms. The van der Waals surface area contributed by atoms with Crippen molar-refractivity contribution in [3.8, 4) is 0 Å². The van der Waals surface area contributed by atoms with E-state index in [1.54, 1.807) is 0 Å². The number of amides is 1. The quantitative estimate of drug-likeness (QED) is 0.723. The highest BCUT2D eigenvalue weighted by atomic mass is 16.5. The second-order valence-corrected chi connectivity index (χ2v) is 7.07. The molecule has 0 aromatic carbocycles. The molecule has 0 heterocycles. The van der Waals surface area contributed by atoms with Gasteiger partial charge in [0.15, 0.2) is 0 Å². The summed E-state index contributed by atoms with van der Waals surface area (Å²) in [5.41, 5.74) is 0.365. The predicted molar refractivity (Wildman–Crippen MR) is 85.2 cm³/mol. The Balaban J connectivity index is 1.70. The van der Waals surface area contributed by atoms with Gasteiger partial charge in [0.1, 0.15) is 0 Å². The first-order valence-corrected chi connectivity index (χ1v) is 8.70. The number of hydrogen-bond acceptors (Lipinski definition) is 3. The molecule has 2 N–H and O–H groups in total. The summed E-state index contributed by atoms with van der Waals surface area (Å²) in [6, 6.07) is 0.550. The van der Waals surface area contributed by atoms with Crippen molar-refractivity contribution in [1.82, 2.24) is 10.6 Å². The Bertz CT molecular complexity index is 338. The molecule has 1 amide bonds. The number of carbonyl (C=O) groups is 1. The van der Waals surface area contributed by atoms with E-state index >= 15 is 0 Å². The SMILES string of the molecule is CCOC1CC(NCCC(=O)NCC(C)C)C12CCCC2. The highest BCUT2D eigenvalue weighted by Crippen LogP contribution is 2.54. The molecular formula is C17H32N2O2. The first-order chi connectivity index (χ1) is 10.1. The fraction of sp³-hybridized carbons (Fsp3) is 0.941. The van der Waals surface area contributed by atoms with Crippen molar-refractivity contribution in [3.63, 3.8) is 0 Å². The summed E-state index contributed by atoms with van der Waals surface area (Å²) in [4.78, 5) is 11.7. The van der Waals surface area contributed by atoms with Crippen LogP contribution in [-0.2, 0) is 9.53 Å². The van der Waals surface area contributed by atoms with Crippen molar-refractivity contribution < 1.29 is 9.53 Å². The lowest BCUT2D eigenvalue weighted by molar-refractivity contribution is -0.131. The van der Waals surface area contributed by atoms with E-state index in [-0.39, 0.29) is 5.91 Å². The van der Waals surface area contributed by atoms with E-state index in [2.05, 4.69) is 31.4 Å². The lowest BCUT2D eigenvalue weighted by atomic mass is 9.60. The average Bonchev–Trinajstić information content (AvgIpc) is 2.95. The molecule has 2 atom stereocenters. The van der Waals surface area contributed by atoms with Gasteiger partial charge in [-0.05, 0) is 32.1 Å². The Labute approximate surface area is 129 Å². The third-order valence-corrected chi connectivity index (χ3v) is 5.14. The zero-order valence-electron chi connectivity index (χ0n) is 13.9. The summed E-state index contributed by atoms with van der Waals surface area (Å²) in [7, 11) is 0. The molecule has 0 aliphatic heterocycles. The number of rotatable bonds is 8. The normalized spacial score (nSPS) is 27.0. The van der Waals surface area contributed by atoms with Crippen LogP contribution in [0.15, 0.2) is 0 Å². The van der Waals surface area contributed by atoms with Gasteiger partial charge >= 0.3 is 0 Å². The van der Waals surface area contributed by atoms with E-state index in [0.717, 1.165) is 26.1 Å². The Morgan fingerprint density at radius 3 is 2.67 bits per heavy atom. The molecule has 21 heavy (non-hydrogen) atoms. The van der Waals surface area contributed by atoms with Crippen LogP contribution in [0.4, 0.5) is 0 Å². The molecule has 0 radical (unpaired) electrons. The smallest absolute Gasteiger partial charge is 0.221 e. The maximum atomic E-state index is 11.7. The molecule has 2 aliphatic carbocycles. The molecule has 4 nitrogen and oxygen atoms in total. The number of carbonyl (C=O) groups excluding carboxylic acids is 1. The van der Waals surface area contributed by atoms with Crippen LogP contribution < -0.4 is 10.6 Å². The van der Waals surface area contributed by atoms with Crippen molar-refractivity contribution in [3.05, 3.63) is 0 Å². The Kier molecular flexibility index (Phi) is 6.06. The summed E-state index contributed by atoms with van der Waals surface area (Å²) < 4.78 is 5.92. The van der Waals surface area contributed by atoms with Crippen molar-refractivity contribution >= 4 is 5.91 Å². The predicted octanol–water partition coefficient (Wildman–Crippen LogP) is 2.48. The van der Waals surface area contributed by atoms with E-state index in [0.29, 0.717) is 29.9 Å². The Morgan fingerprint density at radius 2 is 2.05 bits per heavy atom. The van der Waals surface area contributed by atoms with Crippen LogP contribution in [0.3, 0.4) is 0 Å². The van der Waals surface area contributed by atoms with Crippen molar-refractivity contribution in [1.29, 1.82) is 0 Å². The molecule has 0 aromatic heterocycles. The topological polar surface area (TPSA) is 50.4 Å². The highest BCUT2D eigenvalue weighted by molar-refractivity contribution is 5.76. The molecule has 2 saturated carbocycles. The standard InChI is InChI=1S/C17H32N2O2/c1-4-21-15-11-14(17(15)8-5-6-9-17)18-10-7-16(20)19-12-13(2)3/h13-15,18H,4-12H2,1-3H3,(H,19,20). The van der Waals surface area contributed by atoms with Gasteiger partial charge < -0.3 is 15.4 Å². The molecule has 2 rings (SSSR count). The molecule has 2 fully saturated rings. The minimum atomic E-state index is 0.164. The minimum absolute atomic E-state index is 0.164. The second-order valence-electron chi connectivity index (χ2n) is 7.07. The number of ether oxygens (including phenoxy) is 1. The Hall–Kier alpha value is -0.610. The average molecular weight is 296 g/mol. The maximum Gasteiger partial charge on any atom is 0.221 e. The van der Waals surface area contributed by atoms with Crippen LogP contribution >= 0.6 is 0 Å². The molecule has 0 bridgehead atoms. The third kappa shape index (κ3) is 3.98. The van der Waals surface area contributed by atoms with Gasteiger partial charge in [0, 0.05) is 37.6 Å². The molecular weight excluding hydrogens is 264 g/mol. The van der Waals surface area contributed by atoms with Gasteiger partial charge in [-0.1, -0.05) is 26.7 Å². The fourth-order valence-corrected chi connectivity index (χ4v) is 3.94. The minimum Gasteiger partial charge on any atom is -0.378 e. The Morgan fingerprint density at radius 1 is 1.33 bits per heavy atom. The lowest BCUT2D eigenvalue weighted by Crippen LogP contribution is -2.62. The number of nitrogens with one attached hydrogen (secondary N) is 2. The zero-order valence-corrected chi connectivity index (χ0v) is 13.9. The molecule has 2 unspecified atom stereocenters. The van der Waals surface area contributed by atoms with Gasteiger partial charge in [0.2, 0.25) is 5.91 Å². The summed E-state index contributed by atoms with van der Waals surface area (Å²) in [5.74, 6) is 0.680. The van der Waals surface area contributed by atoms with Crippen molar-refractivity contribution in [2.75, 3.05) is 19.7 Å². The van der Waals surface area contributed by atoms with E-state index in [1.807, 2.05) is 0 Å². The zero-order chi connectivity index (χ0) is 15.3. The first kappa shape index (κ1) is 16.8. The lowest BCUT2D eigenvalue weighted by Gasteiger charge is -2.54. The monoisotopic (exact) mass is 296 g/mol. The summed E-state index contributed by atoms with van der Waals surface area (Å²) in [6.07, 6.45) is 7.37. The molecule has 1 spiro atoms. The van der Waals surface area contributed by atoms with Crippen LogP contribution in [0.1, 0.15) is 59.3 Å². The van der Waals surface area contributed by atoms with Gasteiger partial charge in [-0.2, -0.15) is 0 Å². The van der Waals surface area contributed by atoms with E-state index in [4.69, 9.17) is 4.74 Å². The molecule has 122 valence electrons. The van der Waals surface area contributed by atoms with Crippen LogP contribution in [-0.4, -0.2) is 37.7 Å². The van der Waals surface area contributed by atoms with Crippen molar-refractivity contribution in [2.45, 2.75) is 71.4 Å². The second kappa shape index (κ2) is 7.59. The van der Waals surface area contributed by atoms with Gasteiger partial charge in [0.25, 0.3) is 0 Å².